The van der Waals surface area contributed by atoms with Crippen molar-refractivity contribution in [3.63, 3.8) is 0 Å². The van der Waals surface area contributed by atoms with Gasteiger partial charge < -0.3 is 5.32 Å². The van der Waals surface area contributed by atoms with Crippen molar-refractivity contribution < 1.29 is 4.79 Å². The minimum Gasteiger partial charge on any atom is -0.344 e. The molecule has 1 amide bonds. The van der Waals surface area contributed by atoms with Gasteiger partial charge in [-0.05, 0) is 62.4 Å². The fourth-order valence-electron chi connectivity index (χ4n) is 4.72. The second kappa shape index (κ2) is 10.2. The van der Waals surface area contributed by atoms with Crippen LogP contribution < -0.4 is 10.9 Å². The monoisotopic (exact) mass is 545 g/mol. The third kappa shape index (κ3) is 4.52. The normalized spacial score (nSPS) is 11.8. The first-order chi connectivity index (χ1) is 19.4. The van der Waals surface area contributed by atoms with E-state index >= 15 is 0 Å². The topological polar surface area (TPSA) is 107 Å². The molecule has 6 rings (SSSR count). The van der Waals surface area contributed by atoms with Crippen LogP contribution in [0.25, 0.3) is 22.1 Å². The van der Waals surface area contributed by atoms with Gasteiger partial charge in [0.2, 0.25) is 0 Å². The molecule has 196 valence electrons. The van der Waals surface area contributed by atoms with Crippen LogP contribution in [0.3, 0.4) is 0 Å². The molecule has 0 bridgehead atoms. The highest BCUT2D eigenvalue weighted by Gasteiger charge is 2.23. The molecule has 9 nitrogen and oxygen atoms in total. The molecule has 0 unspecified atom stereocenters. The summed E-state index contributed by atoms with van der Waals surface area (Å²) in [6, 6.07) is 18.1. The molecule has 0 saturated heterocycles. The minimum absolute atomic E-state index is 0.230. The van der Waals surface area contributed by atoms with Crippen LogP contribution >= 0.6 is 11.3 Å². The van der Waals surface area contributed by atoms with Gasteiger partial charge in [0.1, 0.15) is 10.6 Å². The number of para-hydroxylation sites is 1. The zero-order valence-corrected chi connectivity index (χ0v) is 22.7. The van der Waals surface area contributed by atoms with Crippen molar-refractivity contribution in [3.8, 4) is 17.5 Å². The average molecular weight is 546 g/mol. The predicted octanol–water partition coefficient (Wildman–Crippen LogP) is 4.39. The van der Waals surface area contributed by atoms with Crippen LogP contribution in [0.1, 0.15) is 50.3 Å². The number of hydrogen-bond donors (Lipinski definition) is 1. The van der Waals surface area contributed by atoms with E-state index in [1.54, 1.807) is 34.5 Å². The molecule has 0 saturated carbocycles. The van der Waals surface area contributed by atoms with Crippen LogP contribution in [0.2, 0.25) is 0 Å². The van der Waals surface area contributed by atoms with E-state index in [-0.39, 0.29) is 11.5 Å². The lowest BCUT2D eigenvalue weighted by Crippen LogP contribution is -2.32. The molecule has 0 spiro atoms. The van der Waals surface area contributed by atoms with Gasteiger partial charge in [0.15, 0.2) is 10.7 Å². The van der Waals surface area contributed by atoms with Crippen LogP contribution in [-0.4, -0.2) is 35.3 Å². The SMILES string of the molecule is Cc1nnc(C#Cc2cccc3cc([C@H](C)NC(=O)c4c(C)nn5cccnc45)n(-c4ccccc4)c(=O)c23)s1. The summed E-state index contributed by atoms with van der Waals surface area (Å²) in [6.07, 6.45) is 3.37. The van der Waals surface area contributed by atoms with Gasteiger partial charge >= 0.3 is 0 Å². The van der Waals surface area contributed by atoms with Gasteiger partial charge in [-0.2, -0.15) is 5.10 Å². The lowest BCUT2D eigenvalue weighted by atomic mass is 10.0. The van der Waals surface area contributed by atoms with Gasteiger partial charge in [-0.25, -0.2) is 9.50 Å². The van der Waals surface area contributed by atoms with Crippen molar-refractivity contribution in [1.82, 2.24) is 34.7 Å². The highest BCUT2D eigenvalue weighted by atomic mass is 32.1. The Hall–Kier alpha value is -5.14. The zero-order chi connectivity index (χ0) is 27.8. The van der Waals surface area contributed by atoms with Crippen molar-refractivity contribution in [2.24, 2.45) is 0 Å². The first-order valence-corrected chi connectivity index (χ1v) is 13.4. The lowest BCUT2D eigenvalue weighted by molar-refractivity contribution is 0.0939. The number of rotatable bonds is 4. The Balaban J connectivity index is 1.48. The van der Waals surface area contributed by atoms with Gasteiger partial charge in [-0.3, -0.25) is 14.2 Å². The summed E-state index contributed by atoms with van der Waals surface area (Å²) >= 11 is 1.40. The largest absolute Gasteiger partial charge is 0.344 e. The van der Waals surface area contributed by atoms with E-state index in [0.29, 0.717) is 44.2 Å². The summed E-state index contributed by atoms with van der Waals surface area (Å²) in [5.41, 5.74) is 3.11. The third-order valence-corrected chi connectivity index (χ3v) is 7.26. The fourth-order valence-corrected chi connectivity index (χ4v) is 5.27. The molecule has 4 heterocycles. The van der Waals surface area contributed by atoms with Crippen molar-refractivity contribution in [3.05, 3.63) is 116 Å². The van der Waals surface area contributed by atoms with E-state index in [4.69, 9.17) is 0 Å². The number of benzene rings is 2. The number of amides is 1. The molecule has 10 heteroatoms. The van der Waals surface area contributed by atoms with Gasteiger partial charge in [0.05, 0.1) is 17.1 Å². The molecule has 0 aliphatic heterocycles. The number of carbonyl (C=O) groups excluding carboxylic acids is 1. The molecule has 0 aliphatic carbocycles. The maximum Gasteiger partial charge on any atom is 0.264 e. The van der Waals surface area contributed by atoms with Crippen LogP contribution in [0.15, 0.2) is 77.9 Å². The smallest absolute Gasteiger partial charge is 0.264 e. The molecule has 2 aromatic carbocycles. The predicted molar refractivity (Wildman–Crippen MR) is 154 cm³/mol. The van der Waals surface area contributed by atoms with Crippen LogP contribution in [0.4, 0.5) is 0 Å². The molecule has 4 aromatic heterocycles. The number of fused-ring (bicyclic) bond motifs is 2. The Labute approximate surface area is 233 Å². The summed E-state index contributed by atoms with van der Waals surface area (Å²) in [7, 11) is 0. The Morgan fingerprint density at radius 2 is 1.85 bits per heavy atom. The van der Waals surface area contributed by atoms with E-state index in [9.17, 15) is 9.59 Å². The van der Waals surface area contributed by atoms with Gasteiger partial charge in [0, 0.05) is 29.3 Å². The number of aryl methyl sites for hydroxylation is 2. The summed E-state index contributed by atoms with van der Waals surface area (Å²) in [5.74, 6) is 5.83. The van der Waals surface area contributed by atoms with Crippen LogP contribution in [-0.2, 0) is 0 Å². The van der Waals surface area contributed by atoms with Crippen molar-refractivity contribution in [1.29, 1.82) is 0 Å². The van der Waals surface area contributed by atoms with Crippen molar-refractivity contribution in [2.45, 2.75) is 26.8 Å². The highest BCUT2D eigenvalue weighted by Crippen LogP contribution is 2.24. The van der Waals surface area contributed by atoms with Crippen molar-refractivity contribution >= 4 is 33.7 Å². The van der Waals surface area contributed by atoms with Crippen LogP contribution in [0.5, 0.6) is 0 Å². The summed E-state index contributed by atoms with van der Waals surface area (Å²) in [4.78, 5) is 32.0. The van der Waals surface area contributed by atoms with Crippen molar-refractivity contribution in [2.75, 3.05) is 0 Å². The second-order valence-electron chi connectivity index (χ2n) is 9.23. The Morgan fingerprint density at radius 1 is 1.02 bits per heavy atom. The van der Waals surface area contributed by atoms with Gasteiger partial charge in [0.25, 0.3) is 11.5 Å². The Bertz CT molecular complexity index is 2030. The average Bonchev–Trinajstić information content (AvgIpc) is 3.53. The Kier molecular flexibility index (Phi) is 6.42. The number of pyridine rings is 1. The molecule has 0 radical (unpaired) electrons. The summed E-state index contributed by atoms with van der Waals surface area (Å²) in [5, 5.41) is 18.2. The quantitative estimate of drug-likeness (QED) is 0.329. The molecule has 0 aliphatic rings. The Morgan fingerprint density at radius 3 is 2.62 bits per heavy atom. The van der Waals surface area contributed by atoms with Gasteiger partial charge in [-0.15, -0.1) is 10.2 Å². The number of nitrogens with zero attached hydrogens (tertiary/aromatic N) is 6. The first kappa shape index (κ1) is 25.2. The van der Waals surface area contributed by atoms with E-state index in [2.05, 4.69) is 37.4 Å². The molecule has 1 atom stereocenters. The molecular weight excluding hydrogens is 522 g/mol. The standard InChI is InChI=1S/C30H23N7O2S/c1-18(32-29(38)26-19(2)35-36-16-8-15-31-28(26)36)24-17-22-10-7-9-21(13-14-25-34-33-20(3)40-25)27(22)30(39)37(24)23-11-5-4-6-12-23/h4-12,15-18H,1-3H3,(H,32,38)/t18-/m0/s1. The number of hydrogen-bond acceptors (Lipinski definition) is 7. The zero-order valence-electron chi connectivity index (χ0n) is 21.9. The number of aromatic nitrogens is 6. The minimum atomic E-state index is -0.526. The van der Waals surface area contributed by atoms with Crippen LogP contribution in [0, 0.1) is 25.7 Å². The molecule has 0 fully saturated rings. The summed E-state index contributed by atoms with van der Waals surface area (Å²) in [6.45, 7) is 5.50. The van der Waals surface area contributed by atoms with E-state index < -0.39 is 6.04 Å². The fraction of sp³-hybridized carbons (Fsp3) is 0.133. The highest BCUT2D eigenvalue weighted by molar-refractivity contribution is 7.11. The lowest BCUT2D eigenvalue weighted by Gasteiger charge is -2.21. The number of nitrogens with one attached hydrogen (secondary N) is 1. The number of carbonyl (C=O) groups is 1. The van der Waals surface area contributed by atoms with Gasteiger partial charge in [-0.1, -0.05) is 47.6 Å². The maximum absolute atomic E-state index is 14.2. The molecule has 1 N–H and O–H groups in total. The maximum atomic E-state index is 14.2. The van der Waals surface area contributed by atoms with E-state index in [1.807, 2.05) is 68.4 Å². The third-order valence-electron chi connectivity index (χ3n) is 6.51. The first-order valence-electron chi connectivity index (χ1n) is 12.6. The van der Waals surface area contributed by atoms with E-state index in [1.165, 1.54) is 11.3 Å². The second-order valence-corrected chi connectivity index (χ2v) is 10.4. The summed E-state index contributed by atoms with van der Waals surface area (Å²) < 4.78 is 3.21. The molecular formula is C30H23N7O2S. The molecule has 6 aromatic rings. The molecule has 40 heavy (non-hydrogen) atoms. The van der Waals surface area contributed by atoms with E-state index in [0.717, 1.165) is 10.4 Å².